The number of hydrogen-bond acceptors (Lipinski definition) is 5. The van der Waals surface area contributed by atoms with E-state index in [1.165, 1.54) is 11.3 Å². The maximum absolute atomic E-state index is 12.3. The number of carbonyl (C=O) groups excluding carboxylic acids is 1. The molecular formula is C18H15N3OS. The third-order valence-corrected chi connectivity index (χ3v) is 4.19. The van der Waals surface area contributed by atoms with Crippen molar-refractivity contribution in [2.24, 2.45) is 0 Å². The van der Waals surface area contributed by atoms with Gasteiger partial charge in [0.1, 0.15) is 0 Å². The minimum atomic E-state index is -0.0204. The minimum absolute atomic E-state index is 0.0204. The van der Waals surface area contributed by atoms with Crippen LogP contribution in [0.15, 0.2) is 48.1 Å². The fraction of sp³-hybridized carbons (Fsp3) is 0.111. The smallest absolute Gasteiger partial charge is 0.188 e. The lowest BCUT2D eigenvalue weighted by Crippen LogP contribution is -1.98. The number of carbonyl (C=O) groups is 1. The van der Waals surface area contributed by atoms with Gasteiger partial charge in [-0.15, -0.1) is 11.3 Å². The van der Waals surface area contributed by atoms with Crippen LogP contribution in [0, 0.1) is 13.8 Å². The van der Waals surface area contributed by atoms with Gasteiger partial charge in [-0.1, -0.05) is 23.8 Å². The van der Waals surface area contributed by atoms with Gasteiger partial charge in [0.2, 0.25) is 0 Å². The van der Waals surface area contributed by atoms with E-state index in [1.54, 1.807) is 30.6 Å². The van der Waals surface area contributed by atoms with Crippen LogP contribution in [0.2, 0.25) is 0 Å². The third-order valence-electron chi connectivity index (χ3n) is 3.33. The standard InChI is InChI=1S/C18H15N3OS/c1-12-4-6-15(13(2)10-12)16(22)7-5-14-11-23-18(21-14)17-19-8-3-9-20-17/h3-11H,1-2H3/b7-5+. The van der Waals surface area contributed by atoms with Crippen LogP contribution >= 0.6 is 11.3 Å². The molecule has 0 saturated heterocycles. The van der Waals surface area contributed by atoms with Crippen molar-refractivity contribution in [2.75, 3.05) is 0 Å². The zero-order valence-electron chi connectivity index (χ0n) is 12.9. The second-order valence-corrected chi connectivity index (χ2v) is 6.02. The van der Waals surface area contributed by atoms with E-state index in [-0.39, 0.29) is 5.78 Å². The van der Waals surface area contributed by atoms with Gasteiger partial charge in [-0.05, 0) is 37.6 Å². The van der Waals surface area contributed by atoms with Crippen LogP contribution in [0.4, 0.5) is 0 Å². The average Bonchev–Trinajstić information content (AvgIpc) is 3.02. The molecule has 1 aromatic carbocycles. The first-order valence-electron chi connectivity index (χ1n) is 7.16. The predicted molar refractivity (Wildman–Crippen MR) is 92.4 cm³/mol. The van der Waals surface area contributed by atoms with E-state index in [0.717, 1.165) is 21.8 Å². The van der Waals surface area contributed by atoms with E-state index in [1.807, 2.05) is 37.4 Å². The fourth-order valence-corrected chi connectivity index (χ4v) is 2.95. The van der Waals surface area contributed by atoms with Crippen LogP contribution in [0.1, 0.15) is 27.2 Å². The molecule has 0 aliphatic heterocycles. The summed E-state index contributed by atoms with van der Waals surface area (Å²) < 4.78 is 0. The van der Waals surface area contributed by atoms with Crippen LogP contribution in [0.3, 0.4) is 0 Å². The first-order valence-corrected chi connectivity index (χ1v) is 8.04. The number of ketones is 1. The lowest BCUT2D eigenvalue weighted by Gasteiger charge is -2.02. The first kappa shape index (κ1) is 15.2. The molecule has 0 bridgehead atoms. The highest BCUT2D eigenvalue weighted by Gasteiger charge is 2.07. The monoisotopic (exact) mass is 321 g/mol. The Balaban J connectivity index is 1.78. The number of allylic oxidation sites excluding steroid dienone is 1. The molecule has 114 valence electrons. The van der Waals surface area contributed by atoms with Crippen LogP contribution in [0.25, 0.3) is 16.9 Å². The SMILES string of the molecule is Cc1ccc(C(=O)/C=C/c2csc(-c3ncccn3)n2)c(C)c1. The molecule has 3 aromatic rings. The van der Waals surface area contributed by atoms with Gasteiger partial charge in [-0.3, -0.25) is 4.79 Å². The second-order valence-electron chi connectivity index (χ2n) is 5.17. The third kappa shape index (κ3) is 3.57. The molecule has 4 nitrogen and oxygen atoms in total. The molecule has 0 spiro atoms. The number of aryl methyl sites for hydroxylation is 2. The van der Waals surface area contributed by atoms with Crippen molar-refractivity contribution >= 4 is 23.2 Å². The Hall–Kier alpha value is -2.66. The molecule has 0 amide bonds. The molecule has 0 fully saturated rings. The fourth-order valence-electron chi connectivity index (χ4n) is 2.22. The van der Waals surface area contributed by atoms with Crippen molar-refractivity contribution in [3.05, 3.63) is 70.5 Å². The van der Waals surface area contributed by atoms with Crippen LogP contribution in [0.5, 0.6) is 0 Å². The van der Waals surface area contributed by atoms with Gasteiger partial charge in [-0.25, -0.2) is 15.0 Å². The molecule has 0 atom stereocenters. The van der Waals surface area contributed by atoms with Gasteiger partial charge < -0.3 is 0 Å². The van der Waals surface area contributed by atoms with Crippen LogP contribution in [-0.4, -0.2) is 20.7 Å². The molecular weight excluding hydrogens is 306 g/mol. The zero-order valence-corrected chi connectivity index (χ0v) is 13.7. The Morgan fingerprint density at radius 3 is 2.70 bits per heavy atom. The maximum atomic E-state index is 12.3. The summed E-state index contributed by atoms with van der Waals surface area (Å²) >= 11 is 1.46. The highest BCUT2D eigenvalue weighted by molar-refractivity contribution is 7.13. The first-order chi connectivity index (χ1) is 11.1. The molecule has 23 heavy (non-hydrogen) atoms. The number of rotatable bonds is 4. The van der Waals surface area contributed by atoms with E-state index in [2.05, 4.69) is 15.0 Å². The molecule has 5 heteroatoms. The molecule has 0 unspecified atom stereocenters. The predicted octanol–water partition coefficient (Wildman–Crippen LogP) is 4.11. The number of thiazole rings is 1. The van der Waals surface area contributed by atoms with Crippen molar-refractivity contribution in [3.63, 3.8) is 0 Å². The van der Waals surface area contributed by atoms with Gasteiger partial charge in [0, 0.05) is 23.3 Å². The normalized spacial score (nSPS) is 11.0. The highest BCUT2D eigenvalue weighted by Crippen LogP contribution is 2.20. The van der Waals surface area contributed by atoms with Gasteiger partial charge in [0.05, 0.1) is 5.69 Å². The van der Waals surface area contributed by atoms with E-state index >= 15 is 0 Å². The molecule has 0 N–H and O–H groups in total. The summed E-state index contributed by atoms with van der Waals surface area (Å²) in [5, 5.41) is 2.63. The van der Waals surface area contributed by atoms with Crippen molar-refractivity contribution in [1.82, 2.24) is 15.0 Å². The quantitative estimate of drug-likeness (QED) is 0.536. The second kappa shape index (κ2) is 6.62. The van der Waals surface area contributed by atoms with Crippen LogP contribution in [-0.2, 0) is 0 Å². The summed E-state index contributed by atoms with van der Waals surface area (Å²) in [6.45, 7) is 3.96. The minimum Gasteiger partial charge on any atom is -0.289 e. The van der Waals surface area contributed by atoms with Crippen molar-refractivity contribution in [1.29, 1.82) is 0 Å². The maximum Gasteiger partial charge on any atom is 0.188 e. The van der Waals surface area contributed by atoms with E-state index in [0.29, 0.717) is 11.4 Å². The molecule has 0 saturated carbocycles. The van der Waals surface area contributed by atoms with Gasteiger partial charge in [-0.2, -0.15) is 0 Å². The summed E-state index contributed by atoms with van der Waals surface area (Å²) in [5.74, 6) is 0.575. The van der Waals surface area contributed by atoms with Crippen LogP contribution < -0.4 is 0 Å². The Morgan fingerprint density at radius 1 is 1.17 bits per heavy atom. The summed E-state index contributed by atoms with van der Waals surface area (Å²) in [5.41, 5.74) is 3.58. The lowest BCUT2D eigenvalue weighted by atomic mass is 10.0. The van der Waals surface area contributed by atoms with E-state index < -0.39 is 0 Å². The molecule has 3 rings (SSSR count). The number of nitrogens with zero attached hydrogens (tertiary/aromatic N) is 3. The van der Waals surface area contributed by atoms with Crippen molar-refractivity contribution < 1.29 is 4.79 Å². The number of benzene rings is 1. The molecule has 0 aliphatic rings. The van der Waals surface area contributed by atoms with Crippen molar-refractivity contribution in [3.8, 4) is 10.8 Å². The van der Waals surface area contributed by atoms with Gasteiger partial charge in [0.15, 0.2) is 16.6 Å². The van der Waals surface area contributed by atoms with E-state index in [9.17, 15) is 4.79 Å². The average molecular weight is 321 g/mol. The Labute approximate surface area is 138 Å². The Morgan fingerprint density at radius 2 is 1.96 bits per heavy atom. The molecule has 2 aromatic heterocycles. The lowest BCUT2D eigenvalue weighted by molar-refractivity contribution is 0.104. The van der Waals surface area contributed by atoms with Crippen molar-refractivity contribution in [2.45, 2.75) is 13.8 Å². The summed E-state index contributed by atoms with van der Waals surface area (Å²) in [6, 6.07) is 7.58. The number of hydrogen-bond donors (Lipinski definition) is 0. The number of aromatic nitrogens is 3. The summed E-state index contributed by atoms with van der Waals surface area (Å²) in [6.07, 6.45) is 6.65. The topological polar surface area (TPSA) is 55.7 Å². The highest BCUT2D eigenvalue weighted by atomic mass is 32.1. The zero-order chi connectivity index (χ0) is 16.2. The van der Waals surface area contributed by atoms with Gasteiger partial charge in [0.25, 0.3) is 0 Å². The van der Waals surface area contributed by atoms with E-state index in [4.69, 9.17) is 0 Å². The molecule has 0 radical (unpaired) electrons. The molecule has 2 heterocycles. The summed E-state index contributed by atoms with van der Waals surface area (Å²) in [4.78, 5) is 25.1. The summed E-state index contributed by atoms with van der Waals surface area (Å²) in [7, 11) is 0. The Bertz CT molecular complexity index is 869. The largest absolute Gasteiger partial charge is 0.289 e. The Kier molecular flexibility index (Phi) is 4.39. The van der Waals surface area contributed by atoms with Gasteiger partial charge >= 0.3 is 0 Å². The molecule has 0 aliphatic carbocycles.